The van der Waals surface area contributed by atoms with E-state index in [9.17, 15) is 4.79 Å². The molecule has 63 heavy (non-hydrogen) atoms. The van der Waals surface area contributed by atoms with Crippen molar-refractivity contribution in [1.82, 2.24) is 0 Å². The van der Waals surface area contributed by atoms with Gasteiger partial charge < -0.3 is 50.1 Å². The average molecular weight is 921 g/mol. The van der Waals surface area contributed by atoms with Gasteiger partial charge in [-0.15, -0.1) is 13.2 Å². The van der Waals surface area contributed by atoms with Gasteiger partial charge in [0.2, 0.25) is 12.5 Å². The molecule has 0 bridgehead atoms. The van der Waals surface area contributed by atoms with Gasteiger partial charge in [-0.05, 0) is 103 Å². The number of hydrogen-bond donors (Lipinski definition) is 0. The van der Waals surface area contributed by atoms with Crippen molar-refractivity contribution in [2.75, 3.05) is 40.8 Å². The first-order valence-electron chi connectivity index (χ1n) is 22.4. The topological polar surface area (TPSA) is 85.6 Å². The Labute approximate surface area is 383 Å². The number of pyridine rings is 1. The number of hydrogen-bond acceptors (Lipinski definition) is 8. The highest BCUT2D eigenvalue weighted by Gasteiger charge is 2.33. The van der Waals surface area contributed by atoms with E-state index in [1.807, 2.05) is 30.4 Å². The lowest BCUT2D eigenvalue weighted by atomic mass is 9.90. The second-order valence-corrected chi connectivity index (χ2v) is 16.1. The van der Waals surface area contributed by atoms with E-state index in [4.69, 9.17) is 33.2 Å². The van der Waals surface area contributed by atoms with Gasteiger partial charge in [0.1, 0.15) is 11.5 Å². The Hall–Kier alpha value is -5.48. The number of methoxy groups -OCH3 is 2. The van der Waals surface area contributed by atoms with E-state index in [2.05, 4.69) is 73.3 Å². The van der Waals surface area contributed by atoms with E-state index in [-0.39, 0.29) is 36.2 Å². The summed E-state index contributed by atoms with van der Waals surface area (Å²) in [6.45, 7) is 12.8. The summed E-state index contributed by atoms with van der Waals surface area (Å²) < 4.78 is 43.4. The normalized spacial score (nSPS) is 12.2. The molecule has 5 aromatic rings. The van der Waals surface area contributed by atoms with Crippen LogP contribution in [0.15, 0.2) is 92.2 Å². The average Bonchev–Trinajstić information content (AvgIpc) is 3.75. The Morgan fingerprint density at radius 2 is 1.43 bits per heavy atom. The summed E-state index contributed by atoms with van der Waals surface area (Å²) in [4.78, 5) is 13.5. The van der Waals surface area contributed by atoms with Crippen molar-refractivity contribution in [3.63, 3.8) is 0 Å². The van der Waals surface area contributed by atoms with Crippen molar-refractivity contribution < 1.29 is 59.5 Å². The van der Waals surface area contributed by atoms with Crippen LogP contribution in [0.5, 0.6) is 34.5 Å². The predicted molar refractivity (Wildman–Crippen MR) is 245 cm³/mol. The van der Waals surface area contributed by atoms with Crippen molar-refractivity contribution in [1.29, 1.82) is 0 Å². The minimum absolute atomic E-state index is 0. The summed E-state index contributed by atoms with van der Waals surface area (Å²) >= 11 is 0. The largest absolute Gasteiger partial charge is 1.00 e. The number of rotatable bonds is 24. The Morgan fingerprint density at radius 3 is 2.16 bits per heavy atom. The van der Waals surface area contributed by atoms with E-state index in [1.165, 1.54) is 24.0 Å². The molecule has 2 aliphatic heterocycles. The van der Waals surface area contributed by atoms with Crippen molar-refractivity contribution in [2.45, 2.75) is 96.9 Å². The third-order valence-corrected chi connectivity index (χ3v) is 11.7. The minimum Gasteiger partial charge on any atom is -1.00 e. The second-order valence-electron chi connectivity index (χ2n) is 16.1. The van der Waals surface area contributed by atoms with Gasteiger partial charge in [0, 0.05) is 22.9 Å². The summed E-state index contributed by atoms with van der Waals surface area (Å²) in [6.07, 6.45) is 18.1. The van der Waals surface area contributed by atoms with E-state index in [0.29, 0.717) is 31.3 Å². The van der Waals surface area contributed by atoms with Crippen molar-refractivity contribution >= 4 is 16.7 Å². The number of halogens is 1. The van der Waals surface area contributed by atoms with Crippen molar-refractivity contribution in [3.05, 3.63) is 114 Å². The van der Waals surface area contributed by atoms with Crippen LogP contribution in [0.4, 0.5) is 0 Å². The molecule has 2 aliphatic rings. The van der Waals surface area contributed by atoms with Gasteiger partial charge in [-0.2, -0.15) is 4.57 Å². The number of allylic oxidation sites excluding steroid dienone is 2. The third-order valence-electron chi connectivity index (χ3n) is 11.7. The first-order valence-corrected chi connectivity index (χ1v) is 22.4. The van der Waals surface area contributed by atoms with Crippen molar-refractivity contribution in [3.8, 4) is 56.9 Å². The molecule has 1 aromatic heterocycles. The maximum atomic E-state index is 13.5. The third kappa shape index (κ3) is 11.4. The number of fused-ring (bicyclic) bond motifs is 5. The molecule has 334 valence electrons. The number of carbonyl (C=O) groups excluding carboxylic acids is 1. The molecule has 9 nitrogen and oxygen atoms in total. The first-order chi connectivity index (χ1) is 30.5. The molecule has 0 N–H and O–H groups in total. The molecule has 0 fully saturated rings. The van der Waals surface area contributed by atoms with Crippen LogP contribution in [0.25, 0.3) is 33.2 Å². The fourth-order valence-electron chi connectivity index (χ4n) is 8.65. The van der Waals surface area contributed by atoms with Gasteiger partial charge in [0.15, 0.2) is 35.7 Å². The molecule has 0 atom stereocenters. The number of aromatic nitrogens is 1. The number of nitrogens with zero attached hydrogens (tertiary/aromatic N) is 1. The Morgan fingerprint density at radius 1 is 0.730 bits per heavy atom. The summed E-state index contributed by atoms with van der Waals surface area (Å²) in [7, 11) is 3.28. The zero-order chi connectivity index (χ0) is 43.3. The molecule has 0 amide bonds. The van der Waals surface area contributed by atoms with Crippen LogP contribution >= 0.6 is 0 Å². The van der Waals surface area contributed by atoms with Gasteiger partial charge in [-0.25, -0.2) is 0 Å². The Bertz CT molecular complexity index is 2370. The van der Waals surface area contributed by atoms with Gasteiger partial charge in [0.05, 0.1) is 51.4 Å². The zero-order valence-electron chi connectivity index (χ0n) is 37.2. The quantitative estimate of drug-likeness (QED) is 0.0265. The summed E-state index contributed by atoms with van der Waals surface area (Å²) in [5.74, 6) is 4.36. The summed E-state index contributed by atoms with van der Waals surface area (Å²) in [6, 6.07) is 20.9. The summed E-state index contributed by atoms with van der Waals surface area (Å²) in [5, 5.41) is 1.83. The number of aryl methyl sites for hydroxylation is 2. The van der Waals surface area contributed by atoms with Gasteiger partial charge in [-0.3, -0.25) is 4.79 Å². The van der Waals surface area contributed by atoms with Gasteiger partial charge in [0.25, 0.3) is 0 Å². The number of ether oxygens (including phenoxy) is 7. The number of carbonyl (C=O) groups is 1. The van der Waals surface area contributed by atoms with Crippen LogP contribution in [-0.4, -0.2) is 46.8 Å². The Kier molecular flexibility index (Phi) is 17.4. The first kappa shape index (κ1) is 47.0. The van der Waals surface area contributed by atoms with Crippen LogP contribution in [-0.2, 0) is 41.8 Å². The molecule has 7 rings (SSSR count). The van der Waals surface area contributed by atoms with Crippen molar-refractivity contribution in [2.24, 2.45) is 0 Å². The van der Waals surface area contributed by atoms with E-state index in [1.54, 1.807) is 14.2 Å². The molecule has 0 radical (unpaired) electrons. The molecular weight excluding hydrogens is 858 g/mol. The fourth-order valence-corrected chi connectivity index (χ4v) is 8.65. The van der Waals surface area contributed by atoms with Crippen LogP contribution < -0.4 is 50.0 Å². The lowest BCUT2D eigenvalue weighted by molar-refractivity contribution is -0.686. The zero-order valence-corrected chi connectivity index (χ0v) is 38.8. The number of unbranched alkanes of at least 4 members (excludes halogenated alkanes) is 7. The monoisotopic (exact) mass is 919 g/mol. The highest BCUT2D eigenvalue weighted by atomic mass is 79.9. The fraction of sp³-hybridized carbons (Fsp3) is 0.396. The molecular formula is C53H62BrNO8. The van der Waals surface area contributed by atoms with Crippen LogP contribution in [0.2, 0.25) is 0 Å². The maximum absolute atomic E-state index is 13.5. The van der Waals surface area contributed by atoms with Crippen LogP contribution in [0.3, 0.4) is 0 Å². The highest BCUT2D eigenvalue weighted by Crippen LogP contribution is 2.44. The maximum Gasteiger partial charge on any atom is 0.310 e. The molecule has 3 heterocycles. The second kappa shape index (κ2) is 23.3. The lowest BCUT2D eigenvalue weighted by Gasteiger charge is -2.20. The molecule has 0 saturated heterocycles. The number of benzene rings is 4. The van der Waals surface area contributed by atoms with E-state index < -0.39 is 0 Å². The van der Waals surface area contributed by atoms with Gasteiger partial charge in [-0.1, -0.05) is 69.7 Å². The van der Waals surface area contributed by atoms with E-state index in [0.717, 1.165) is 138 Å². The molecule has 0 saturated carbocycles. The highest BCUT2D eigenvalue weighted by molar-refractivity contribution is 5.97. The molecule has 0 spiro atoms. The summed E-state index contributed by atoms with van der Waals surface area (Å²) in [5.41, 5.74) is 8.66. The minimum atomic E-state index is -0.239. The lowest BCUT2D eigenvalue weighted by Crippen LogP contribution is -3.00. The molecule has 10 heteroatoms. The van der Waals surface area contributed by atoms with Crippen LogP contribution in [0, 0.1) is 0 Å². The van der Waals surface area contributed by atoms with Crippen LogP contribution in [0.1, 0.15) is 87.0 Å². The predicted octanol–water partition coefficient (Wildman–Crippen LogP) is 8.30. The SMILES string of the molecule is C=CCc1ccc(OCCCCCCCCCCOC(=O)Cc2c3[n+](cc4c(OC)c(OC)ccc24)CCc2cc4c(cc2-3)OCO4)c(-c2ccc(OCCC)c(CC=C)c2)c1.[Br-]. The molecule has 0 unspecified atom stereocenters. The van der Waals surface area contributed by atoms with E-state index >= 15 is 0 Å². The number of esters is 1. The Balaban J connectivity index is 0.00000661. The molecule has 0 aliphatic carbocycles. The van der Waals surface area contributed by atoms with Gasteiger partial charge >= 0.3 is 5.97 Å². The molecule has 4 aromatic carbocycles. The standard InChI is InChI=1S/C53H62NO8.BrH/c1-6-17-37-19-22-47(42(30-37)38-20-23-46(58-27-8-3)40(31-38)18-7-2)59-28-15-13-11-9-10-12-14-16-29-60-51(55)34-44-41-21-24-48(56-4)53(57-5)45(41)35-54-26-25-39-32-49-50(62-36-61-49)33-43(39)52(44)54;/h6-7,19-24,30-33,35H,1-2,8-18,25-29,34,36H2,3-5H3;1H/q+1;/p-1. The smallest absolute Gasteiger partial charge is 0.310 e.